The van der Waals surface area contributed by atoms with Gasteiger partial charge in [0.25, 0.3) is 10.0 Å². The highest BCUT2D eigenvalue weighted by molar-refractivity contribution is 8.00. The van der Waals surface area contributed by atoms with Gasteiger partial charge in [-0.15, -0.1) is 0 Å². The van der Waals surface area contributed by atoms with Crippen molar-refractivity contribution in [1.82, 2.24) is 13.9 Å². The standard InChI is InChI=1S/C25H25N3O3S2/c1-18-8-6-7-15-27(18)24(29)17-32-25-26-22-11-4-5-12-23(22)28(25)33(30,31)21-14-13-19-9-2-3-10-20(19)16-21/h2-5,9-14,16,18H,6-8,15,17H2,1H3. The average Bonchev–Trinajstić information content (AvgIpc) is 3.22. The van der Waals surface area contributed by atoms with Crippen LogP contribution in [0.15, 0.2) is 76.8 Å². The molecule has 0 spiro atoms. The van der Waals surface area contributed by atoms with Gasteiger partial charge in [0.1, 0.15) is 0 Å². The van der Waals surface area contributed by atoms with Crippen molar-refractivity contribution in [2.24, 2.45) is 0 Å². The van der Waals surface area contributed by atoms with E-state index in [2.05, 4.69) is 11.9 Å². The van der Waals surface area contributed by atoms with Crippen LogP contribution in [0.2, 0.25) is 0 Å². The van der Waals surface area contributed by atoms with Gasteiger partial charge >= 0.3 is 0 Å². The Labute approximate surface area is 197 Å². The number of fused-ring (bicyclic) bond motifs is 2. The van der Waals surface area contributed by atoms with E-state index >= 15 is 0 Å². The van der Waals surface area contributed by atoms with E-state index in [0.29, 0.717) is 16.2 Å². The molecule has 1 atom stereocenters. The highest BCUT2D eigenvalue weighted by atomic mass is 32.2. The SMILES string of the molecule is CC1CCCCN1C(=O)CSc1nc2ccccc2n1S(=O)(=O)c1ccc2ccccc2c1. The minimum absolute atomic E-state index is 0.0221. The van der Waals surface area contributed by atoms with Gasteiger partial charge in [0.05, 0.1) is 21.7 Å². The summed E-state index contributed by atoms with van der Waals surface area (Å²) in [5, 5.41) is 2.14. The Morgan fingerprint density at radius 3 is 2.61 bits per heavy atom. The molecule has 1 saturated heterocycles. The molecule has 5 rings (SSSR count). The van der Waals surface area contributed by atoms with E-state index in [1.807, 2.05) is 41.3 Å². The molecule has 0 N–H and O–H groups in total. The van der Waals surface area contributed by atoms with Gasteiger partial charge in [-0.1, -0.05) is 54.2 Å². The molecule has 4 aromatic rings. The van der Waals surface area contributed by atoms with Crippen molar-refractivity contribution in [3.05, 3.63) is 66.7 Å². The van der Waals surface area contributed by atoms with E-state index in [0.717, 1.165) is 36.6 Å². The summed E-state index contributed by atoms with van der Waals surface area (Å²) in [6.45, 7) is 2.83. The molecule has 33 heavy (non-hydrogen) atoms. The fraction of sp³-hybridized carbons (Fsp3) is 0.280. The Kier molecular flexibility index (Phi) is 5.88. The number of carbonyl (C=O) groups is 1. The molecule has 0 saturated carbocycles. The third-order valence-corrected chi connectivity index (χ3v) is 8.94. The smallest absolute Gasteiger partial charge is 0.270 e. The lowest BCUT2D eigenvalue weighted by atomic mass is 10.0. The lowest BCUT2D eigenvalue weighted by molar-refractivity contribution is -0.131. The molecule has 170 valence electrons. The number of benzene rings is 3. The largest absolute Gasteiger partial charge is 0.339 e. The van der Waals surface area contributed by atoms with Crippen LogP contribution in [0.3, 0.4) is 0 Å². The molecular formula is C25H25N3O3S2. The van der Waals surface area contributed by atoms with E-state index in [4.69, 9.17) is 0 Å². The summed E-state index contributed by atoms with van der Waals surface area (Å²) >= 11 is 1.18. The van der Waals surface area contributed by atoms with Gasteiger partial charge in [-0.25, -0.2) is 17.4 Å². The van der Waals surface area contributed by atoms with Gasteiger partial charge in [-0.3, -0.25) is 4.79 Å². The van der Waals surface area contributed by atoms with Gasteiger partial charge in [0.2, 0.25) is 5.91 Å². The van der Waals surface area contributed by atoms with Crippen molar-refractivity contribution < 1.29 is 13.2 Å². The summed E-state index contributed by atoms with van der Waals surface area (Å²) in [6.07, 6.45) is 3.15. The van der Waals surface area contributed by atoms with Crippen LogP contribution in [0.25, 0.3) is 21.8 Å². The summed E-state index contributed by atoms with van der Waals surface area (Å²) < 4.78 is 28.9. The third-order valence-electron chi connectivity index (χ3n) is 6.20. The number of rotatable bonds is 5. The quantitative estimate of drug-likeness (QED) is 0.380. The second-order valence-electron chi connectivity index (χ2n) is 8.38. The number of likely N-dealkylation sites (tertiary alicyclic amines) is 1. The van der Waals surface area contributed by atoms with Crippen molar-refractivity contribution >= 4 is 49.5 Å². The van der Waals surface area contributed by atoms with Crippen LogP contribution in [0.4, 0.5) is 0 Å². The first-order valence-electron chi connectivity index (χ1n) is 11.1. The fourth-order valence-corrected chi connectivity index (χ4v) is 7.05. The third kappa shape index (κ3) is 4.13. The topological polar surface area (TPSA) is 72.3 Å². The fourth-order valence-electron chi connectivity index (χ4n) is 4.42. The first kappa shape index (κ1) is 22.0. The van der Waals surface area contributed by atoms with Crippen molar-refractivity contribution in [2.45, 2.75) is 42.3 Å². The van der Waals surface area contributed by atoms with E-state index in [1.54, 1.807) is 30.3 Å². The Morgan fingerprint density at radius 1 is 1.03 bits per heavy atom. The lowest BCUT2D eigenvalue weighted by Crippen LogP contribution is -2.43. The van der Waals surface area contributed by atoms with Crippen LogP contribution in [-0.2, 0) is 14.8 Å². The van der Waals surface area contributed by atoms with Crippen molar-refractivity contribution in [3.8, 4) is 0 Å². The van der Waals surface area contributed by atoms with Crippen molar-refractivity contribution in [2.75, 3.05) is 12.3 Å². The van der Waals surface area contributed by atoms with Gasteiger partial charge in [-0.05, 0) is 61.2 Å². The molecule has 1 aliphatic heterocycles. The molecule has 0 aliphatic carbocycles. The van der Waals surface area contributed by atoms with E-state index in [1.165, 1.54) is 15.7 Å². The minimum Gasteiger partial charge on any atom is -0.339 e. The summed E-state index contributed by atoms with van der Waals surface area (Å²) in [6, 6.07) is 20.2. The second-order valence-corrected chi connectivity index (χ2v) is 11.1. The number of piperidine rings is 1. The van der Waals surface area contributed by atoms with Gasteiger partial charge < -0.3 is 4.90 Å². The van der Waals surface area contributed by atoms with Crippen LogP contribution in [0.5, 0.6) is 0 Å². The molecule has 1 amide bonds. The van der Waals surface area contributed by atoms with Gasteiger partial charge in [0.15, 0.2) is 5.16 Å². The van der Waals surface area contributed by atoms with Crippen LogP contribution < -0.4 is 0 Å². The molecule has 1 aromatic heterocycles. The second kappa shape index (κ2) is 8.83. The number of para-hydroxylation sites is 2. The number of hydrogen-bond donors (Lipinski definition) is 0. The summed E-state index contributed by atoms with van der Waals surface area (Å²) in [5.74, 6) is 0.176. The Balaban J connectivity index is 1.53. The Bertz CT molecular complexity index is 1450. The zero-order chi connectivity index (χ0) is 23.0. The number of aromatic nitrogens is 2. The van der Waals surface area contributed by atoms with E-state index in [9.17, 15) is 13.2 Å². The first-order valence-corrected chi connectivity index (χ1v) is 13.5. The maximum atomic E-state index is 13.8. The highest BCUT2D eigenvalue weighted by Crippen LogP contribution is 2.31. The van der Waals surface area contributed by atoms with Crippen molar-refractivity contribution in [1.29, 1.82) is 0 Å². The van der Waals surface area contributed by atoms with Crippen LogP contribution in [-0.4, -0.2) is 46.5 Å². The number of nitrogens with zero attached hydrogens (tertiary/aromatic N) is 3. The number of amides is 1. The predicted molar refractivity (Wildman–Crippen MR) is 132 cm³/mol. The van der Waals surface area contributed by atoms with Gasteiger partial charge in [-0.2, -0.15) is 0 Å². The van der Waals surface area contributed by atoms with Crippen LogP contribution >= 0.6 is 11.8 Å². The number of carbonyl (C=O) groups excluding carboxylic acids is 1. The summed E-state index contributed by atoms with van der Waals surface area (Å²) in [4.78, 5) is 19.6. The summed E-state index contributed by atoms with van der Waals surface area (Å²) in [7, 11) is -3.92. The maximum Gasteiger partial charge on any atom is 0.270 e. The predicted octanol–water partition coefficient (Wildman–Crippen LogP) is 4.92. The number of thioether (sulfide) groups is 1. The molecule has 0 bridgehead atoms. The lowest BCUT2D eigenvalue weighted by Gasteiger charge is -2.33. The van der Waals surface area contributed by atoms with E-state index in [-0.39, 0.29) is 22.6 Å². The molecule has 1 fully saturated rings. The van der Waals surface area contributed by atoms with Gasteiger partial charge in [0, 0.05) is 12.6 Å². The highest BCUT2D eigenvalue weighted by Gasteiger charge is 2.27. The molecule has 0 radical (unpaired) electrons. The summed E-state index contributed by atoms with van der Waals surface area (Å²) in [5.41, 5.74) is 1.09. The molecule has 2 heterocycles. The Hall–Kier alpha value is -2.84. The molecule has 3 aromatic carbocycles. The normalized spacial score (nSPS) is 17.0. The zero-order valence-electron chi connectivity index (χ0n) is 18.3. The first-order chi connectivity index (χ1) is 15.9. The minimum atomic E-state index is -3.92. The van der Waals surface area contributed by atoms with E-state index < -0.39 is 10.0 Å². The van der Waals surface area contributed by atoms with Crippen LogP contribution in [0.1, 0.15) is 26.2 Å². The Morgan fingerprint density at radius 2 is 1.79 bits per heavy atom. The molecule has 1 aliphatic rings. The van der Waals surface area contributed by atoms with Crippen molar-refractivity contribution in [3.63, 3.8) is 0 Å². The molecule has 6 nitrogen and oxygen atoms in total. The molecule has 1 unspecified atom stereocenters. The molecule has 8 heteroatoms. The van der Waals surface area contributed by atoms with Crippen LogP contribution in [0, 0.1) is 0 Å². The number of imidazole rings is 1. The average molecular weight is 480 g/mol. The number of hydrogen-bond acceptors (Lipinski definition) is 5. The zero-order valence-corrected chi connectivity index (χ0v) is 20.0. The monoisotopic (exact) mass is 479 g/mol. The maximum absolute atomic E-state index is 13.8. The molecular weight excluding hydrogens is 454 g/mol.